The molecule has 0 bridgehead atoms. The SMILES string of the molecule is O=C(CSc1nccn1-c1cccc(F)c1)OCC(=O)N1CCc2ccccc21. The number of imidazole rings is 1. The Hall–Kier alpha value is -3.13. The van der Waals surface area contributed by atoms with Crippen LogP contribution in [-0.2, 0) is 20.7 Å². The molecular weight excluding hydrogens is 393 g/mol. The molecule has 0 unspecified atom stereocenters. The largest absolute Gasteiger partial charge is 0.455 e. The molecule has 4 rings (SSSR count). The van der Waals surface area contributed by atoms with Gasteiger partial charge in [-0.3, -0.25) is 14.2 Å². The van der Waals surface area contributed by atoms with Crippen LogP contribution in [-0.4, -0.2) is 40.3 Å². The van der Waals surface area contributed by atoms with Gasteiger partial charge in [0, 0.05) is 24.6 Å². The molecule has 0 radical (unpaired) electrons. The number of anilines is 1. The number of carbonyl (C=O) groups excluding carboxylic acids is 2. The van der Waals surface area contributed by atoms with Crippen LogP contribution in [0.3, 0.4) is 0 Å². The summed E-state index contributed by atoms with van der Waals surface area (Å²) in [6, 6.07) is 13.8. The summed E-state index contributed by atoms with van der Waals surface area (Å²) in [5, 5.41) is 0.535. The minimum absolute atomic E-state index is 0.00377. The molecule has 0 saturated carbocycles. The lowest BCUT2D eigenvalue weighted by Crippen LogP contribution is -2.33. The molecule has 0 atom stereocenters. The number of benzene rings is 2. The molecule has 0 aliphatic carbocycles. The Bertz CT molecular complexity index is 1050. The molecule has 2 aromatic carbocycles. The van der Waals surface area contributed by atoms with Crippen LogP contribution in [0.1, 0.15) is 5.56 Å². The van der Waals surface area contributed by atoms with Gasteiger partial charge in [-0.1, -0.05) is 36.0 Å². The van der Waals surface area contributed by atoms with Gasteiger partial charge in [0.15, 0.2) is 11.8 Å². The number of carbonyl (C=O) groups is 2. The quantitative estimate of drug-likeness (QED) is 0.460. The summed E-state index contributed by atoms with van der Waals surface area (Å²) < 4.78 is 20.3. The molecule has 0 saturated heterocycles. The third kappa shape index (κ3) is 4.32. The molecule has 3 aromatic rings. The monoisotopic (exact) mass is 411 g/mol. The van der Waals surface area contributed by atoms with Gasteiger partial charge in [-0.05, 0) is 36.2 Å². The van der Waals surface area contributed by atoms with Crippen LogP contribution in [0.15, 0.2) is 66.1 Å². The molecule has 0 N–H and O–H groups in total. The number of hydrogen-bond donors (Lipinski definition) is 0. The van der Waals surface area contributed by atoms with Gasteiger partial charge >= 0.3 is 5.97 Å². The van der Waals surface area contributed by atoms with Crippen molar-refractivity contribution < 1.29 is 18.7 Å². The zero-order valence-electron chi connectivity index (χ0n) is 15.5. The first kappa shape index (κ1) is 19.2. The van der Waals surface area contributed by atoms with Crippen molar-refractivity contribution in [1.29, 1.82) is 0 Å². The van der Waals surface area contributed by atoms with E-state index in [1.807, 2.05) is 24.3 Å². The summed E-state index contributed by atoms with van der Waals surface area (Å²) in [5.41, 5.74) is 2.60. The average Bonchev–Trinajstić information content (AvgIpc) is 3.37. The molecule has 1 aliphatic heterocycles. The van der Waals surface area contributed by atoms with Crippen molar-refractivity contribution in [2.45, 2.75) is 11.6 Å². The second kappa shape index (κ2) is 8.48. The molecule has 6 nitrogen and oxygen atoms in total. The van der Waals surface area contributed by atoms with Crippen molar-refractivity contribution in [2.75, 3.05) is 23.8 Å². The molecule has 1 aliphatic rings. The van der Waals surface area contributed by atoms with E-state index in [0.29, 0.717) is 17.4 Å². The minimum atomic E-state index is -0.510. The number of rotatable bonds is 6. The second-order valence-corrected chi connectivity index (χ2v) is 7.38. The van der Waals surface area contributed by atoms with Crippen molar-refractivity contribution in [3.63, 3.8) is 0 Å². The van der Waals surface area contributed by atoms with Gasteiger partial charge in [0.1, 0.15) is 5.82 Å². The van der Waals surface area contributed by atoms with E-state index in [1.54, 1.807) is 34.0 Å². The summed E-state index contributed by atoms with van der Waals surface area (Å²) in [6.07, 6.45) is 4.07. The van der Waals surface area contributed by atoms with E-state index in [0.717, 1.165) is 29.4 Å². The Balaban J connectivity index is 1.30. The lowest BCUT2D eigenvalue weighted by molar-refractivity contribution is -0.145. The third-order valence-electron chi connectivity index (χ3n) is 4.56. The van der Waals surface area contributed by atoms with E-state index in [1.165, 1.54) is 12.1 Å². The van der Waals surface area contributed by atoms with Gasteiger partial charge < -0.3 is 9.64 Å². The average molecular weight is 411 g/mol. The van der Waals surface area contributed by atoms with Crippen LogP contribution in [0.2, 0.25) is 0 Å². The zero-order chi connectivity index (χ0) is 20.2. The van der Waals surface area contributed by atoms with E-state index < -0.39 is 5.97 Å². The highest BCUT2D eigenvalue weighted by molar-refractivity contribution is 7.99. The maximum Gasteiger partial charge on any atom is 0.316 e. The van der Waals surface area contributed by atoms with Gasteiger partial charge in [-0.25, -0.2) is 9.37 Å². The Kier molecular flexibility index (Phi) is 5.62. The van der Waals surface area contributed by atoms with Gasteiger partial charge in [0.2, 0.25) is 0 Å². The van der Waals surface area contributed by atoms with Gasteiger partial charge in [-0.15, -0.1) is 0 Å². The van der Waals surface area contributed by atoms with Gasteiger partial charge in [0.05, 0.1) is 11.4 Å². The second-order valence-electron chi connectivity index (χ2n) is 6.43. The number of aromatic nitrogens is 2. The highest BCUT2D eigenvalue weighted by Crippen LogP contribution is 2.27. The number of amides is 1. The molecule has 1 amide bonds. The summed E-state index contributed by atoms with van der Waals surface area (Å²) in [5.74, 6) is -1.11. The fourth-order valence-electron chi connectivity index (χ4n) is 3.20. The van der Waals surface area contributed by atoms with Crippen LogP contribution < -0.4 is 4.90 Å². The maximum atomic E-state index is 13.5. The fourth-order valence-corrected chi connectivity index (χ4v) is 3.97. The predicted molar refractivity (Wildman–Crippen MR) is 108 cm³/mol. The molecule has 1 aromatic heterocycles. The summed E-state index contributed by atoms with van der Waals surface area (Å²) in [4.78, 5) is 30.3. The number of thioether (sulfide) groups is 1. The first-order valence-corrected chi connectivity index (χ1v) is 10.1. The molecule has 0 fully saturated rings. The fraction of sp³-hybridized carbons (Fsp3) is 0.190. The lowest BCUT2D eigenvalue weighted by Gasteiger charge is -2.17. The highest BCUT2D eigenvalue weighted by Gasteiger charge is 2.24. The van der Waals surface area contributed by atoms with E-state index in [9.17, 15) is 14.0 Å². The Morgan fingerprint density at radius 2 is 2.03 bits per heavy atom. The lowest BCUT2D eigenvalue weighted by atomic mass is 10.2. The number of halogens is 1. The van der Waals surface area contributed by atoms with Crippen molar-refractivity contribution in [2.24, 2.45) is 0 Å². The Morgan fingerprint density at radius 1 is 1.17 bits per heavy atom. The zero-order valence-corrected chi connectivity index (χ0v) is 16.3. The van der Waals surface area contributed by atoms with Crippen molar-refractivity contribution in [3.05, 3.63) is 72.3 Å². The predicted octanol–water partition coefficient (Wildman–Crippen LogP) is 3.24. The first-order chi connectivity index (χ1) is 14.1. The van der Waals surface area contributed by atoms with Gasteiger partial charge in [0.25, 0.3) is 5.91 Å². The number of fused-ring (bicyclic) bond motifs is 1. The standard InChI is InChI=1S/C21H18FN3O3S/c22-16-5-3-6-17(12-16)24-11-9-23-21(24)29-14-20(27)28-13-19(26)25-10-8-15-4-1-2-7-18(15)25/h1-7,9,11-12H,8,10,13-14H2. The van der Waals surface area contributed by atoms with Crippen molar-refractivity contribution >= 4 is 29.3 Å². The minimum Gasteiger partial charge on any atom is -0.455 e. The Morgan fingerprint density at radius 3 is 2.90 bits per heavy atom. The number of esters is 1. The highest BCUT2D eigenvalue weighted by atomic mass is 32.2. The number of hydrogen-bond acceptors (Lipinski definition) is 5. The van der Waals surface area contributed by atoms with E-state index in [-0.39, 0.29) is 24.1 Å². The van der Waals surface area contributed by atoms with Crippen molar-refractivity contribution in [1.82, 2.24) is 9.55 Å². The van der Waals surface area contributed by atoms with E-state index in [2.05, 4.69) is 4.98 Å². The summed E-state index contributed by atoms with van der Waals surface area (Å²) in [6.45, 7) is 0.293. The molecule has 8 heteroatoms. The Labute approximate surface area is 171 Å². The number of ether oxygens (including phenoxy) is 1. The topological polar surface area (TPSA) is 64.4 Å². The summed E-state index contributed by atoms with van der Waals surface area (Å²) >= 11 is 1.16. The van der Waals surface area contributed by atoms with Crippen LogP contribution in [0, 0.1) is 5.82 Å². The van der Waals surface area contributed by atoms with E-state index in [4.69, 9.17) is 4.74 Å². The van der Waals surface area contributed by atoms with Crippen LogP contribution in [0.25, 0.3) is 5.69 Å². The van der Waals surface area contributed by atoms with Gasteiger partial charge in [-0.2, -0.15) is 0 Å². The first-order valence-electron chi connectivity index (χ1n) is 9.08. The number of nitrogens with zero attached hydrogens (tertiary/aromatic N) is 3. The molecular formula is C21H18FN3O3S. The molecule has 148 valence electrons. The van der Waals surface area contributed by atoms with Crippen molar-refractivity contribution in [3.8, 4) is 5.69 Å². The smallest absolute Gasteiger partial charge is 0.316 e. The third-order valence-corrected chi connectivity index (χ3v) is 5.50. The number of para-hydroxylation sites is 1. The van der Waals surface area contributed by atoms with E-state index >= 15 is 0 Å². The van der Waals surface area contributed by atoms with Crippen LogP contribution in [0.5, 0.6) is 0 Å². The molecule has 0 spiro atoms. The normalized spacial score (nSPS) is 12.7. The molecule has 29 heavy (non-hydrogen) atoms. The summed E-state index contributed by atoms with van der Waals surface area (Å²) in [7, 11) is 0. The molecule has 2 heterocycles. The maximum absolute atomic E-state index is 13.5. The van der Waals surface area contributed by atoms with Crippen LogP contribution >= 0.6 is 11.8 Å². The van der Waals surface area contributed by atoms with Crippen LogP contribution in [0.4, 0.5) is 10.1 Å².